The first-order chi connectivity index (χ1) is 62.0. The maximum Gasteiger partial charge on any atom is 0.402 e. The van der Waals surface area contributed by atoms with Gasteiger partial charge < -0.3 is 0 Å². The third-order valence-electron chi connectivity index (χ3n) is 28.9. The average Bonchev–Trinajstić information content (AvgIpc) is 0.881. The number of hydrogen-bond acceptors (Lipinski definition) is 0. The summed E-state index contributed by atoms with van der Waals surface area (Å²) < 4.78 is 202. The van der Waals surface area contributed by atoms with E-state index in [-0.39, 0.29) is 38.9 Å². The van der Waals surface area contributed by atoms with E-state index < -0.39 is 80.9 Å². The SMILES string of the molecule is Cc1ccc2c(c1)C(C)(C)c1cc(C(CC(c3ccccc3)(c3ccccc3)c3ccccc3)(c3ccc(-c4cccc(-c5ccc(C(CC(c6ccccc6)(c6ccccc6)c6ccccc6)(c6ccc7c(c6)C(C)(C)c6cc(C(C)(c8ccc(-c9cccc(-c%10ccc(C(C)(C)C(F)(F)F)cc%10)c9)cc8)C(F)(F)F)ccc6-7)C(F)(F)F)cc5)c4)cc3)C(F)(F)F)ccc1-2. The molecule has 16 aromatic carbocycles. The molecule has 3 unspecified atom stereocenters. The van der Waals surface area contributed by atoms with Crippen LogP contribution in [0.15, 0.2) is 400 Å². The lowest BCUT2D eigenvalue weighted by atomic mass is 9.57. The zero-order valence-corrected chi connectivity index (χ0v) is 73.1. The summed E-state index contributed by atoms with van der Waals surface area (Å²) in [5.74, 6) is 0. The Balaban J connectivity index is 0.735. The molecule has 2 aliphatic rings. The van der Waals surface area contributed by atoms with Crippen LogP contribution < -0.4 is 0 Å². The molecule has 0 N–H and O–H groups in total. The first kappa shape index (κ1) is 87.4. The van der Waals surface area contributed by atoms with Crippen molar-refractivity contribution in [1.29, 1.82) is 0 Å². The molecule has 16 aromatic rings. The highest BCUT2D eigenvalue weighted by atomic mass is 19.4. The molecular formula is C118H94F12. The van der Waals surface area contributed by atoms with E-state index in [2.05, 4.69) is 26.0 Å². The van der Waals surface area contributed by atoms with Crippen LogP contribution in [0.1, 0.15) is 161 Å². The molecule has 0 heterocycles. The Kier molecular flexibility index (Phi) is 21.8. The lowest BCUT2D eigenvalue weighted by molar-refractivity contribution is -0.183. The number of hydrogen-bond donors (Lipinski definition) is 0. The molecule has 0 aromatic heterocycles. The number of rotatable bonds is 21. The van der Waals surface area contributed by atoms with E-state index in [0.29, 0.717) is 100 Å². The van der Waals surface area contributed by atoms with E-state index in [1.54, 1.807) is 115 Å². The lowest BCUT2D eigenvalue weighted by Gasteiger charge is -2.46. The molecule has 0 saturated heterocycles. The van der Waals surface area contributed by atoms with Gasteiger partial charge in [0.05, 0.1) is 5.41 Å². The monoisotopic (exact) mass is 1740 g/mol. The fourth-order valence-corrected chi connectivity index (χ4v) is 21.2. The average molecular weight is 1740 g/mol. The summed E-state index contributed by atoms with van der Waals surface area (Å²) in [4.78, 5) is 0. The summed E-state index contributed by atoms with van der Waals surface area (Å²) >= 11 is 0. The smallest absolute Gasteiger partial charge is 0.170 e. The maximum atomic E-state index is 18.6. The minimum Gasteiger partial charge on any atom is -0.170 e. The molecule has 18 rings (SSSR count). The fourth-order valence-electron chi connectivity index (χ4n) is 21.2. The summed E-state index contributed by atoms with van der Waals surface area (Å²) in [5, 5.41) is 0. The molecule has 0 amide bonds. The molecule has 0 spiro atoms. The number of halogens is 12. The van der Waals surface area contributed by atoms with Crippen molar-refractivity contribution in [2.24, 2.45) is 0 Å². The van der Waals surface area contributed by atoms with Crippen molar-refractivity contribution in [3.05, 3.63) is 501 Å². The summed E-state index contributed by atoms with van der Waals surface area (Å²) in [5.41, 5.74) is 0.515. The van der Waals surface area contributed by atoms with Gasteiger partial charge in [-0.2, -0.15) is 52.7 Å². The van der Waals surface area contributed by atoms with Crippen molar-refractivity contribution in [3.63, 3.8) is 0 Å². The standard InChI is InChI=1S/C118H94F12/c1-77-45-65-99-101-67-63-97(73-105(101)107(2,3)103(99)69-77)113(117(125,126)127,75-111(88-33-15-9-16-34-88,89-35-17-10-18-36-89)90-37-19-11-20-38-90)94-58-50-80(51-59-94)84-31-28-32-85(71-84)81-52-60-95(61-53-81)114(118(128,129)130,76-112(91-39-21-12-22-40-91,92-41-23-13-24-42-92)93-43-25-14-26-44-93)98-64-68-102-100-66-62-96(72-104(100)108(4,5)106(102)74-98)110(8,116(122,123)124)87-56-48-79(49-57-87)83-30-27-29-82(70-83)78-46-54-86(55-47-78)109(6,7)115(119,120)121/h9-74H,75-76H2,1-8H3. The van der Waals surface area contributed by atoms with Crippen LogP contribution in [0.4, 0.5) is 52.7 Å². The third kappa shape index (κ3) is 14.4. The molecule has 0 aliphatic heterocycles. The van der Waals surface area contributed by atoms with Gasteiger partial charge in [0.1, 0.15) is 16.2 Å². The normalized spacial score (nSPS) is 15.1. The molecule has 0 fully saturated rings. The number of alkyl halides is 12. The molecule has 12 heteroatoms. The number of benzene rings is 16. The van der Waals surface area contributed by atoms with Gasteiger partial charge in [0.25, 0.3) is 0 Å². The van der Waals surface area contributed by atoms with Gasteiger partial charge in [-0.3, -0.25) is 0 Å². The van der Waals surface area contributed by atoms with Gasteiger partial charge in [0, 0.05) is 21.7 Å². The van der Waals surface area contributed by atoms with E-state index in [0.717, 1.165) is 48.6 Å². The van der Waals surface area contributed by atoms with Crippen LogP contribution in [0.5, 0.6) is 0 Å². The van der Waals surface area contributed by atoms with E-state index >= 15 is 39.5 Å². The first-order valence-corrected chi connectivity index (χ1v) is 43.8. The van der Waals surface area contributed by atoms with Crippen molar-refractivity contribution in [2.45, 2.75) is 136 Å². The zero-order valence-electron chi connectivity index (χ0n) is 73.1. The Morgan fingerprint density at radius 1 is 0.200 bits per heavy atom. The summed E-state index contributed by atoms with van der Waals surface area (Å²) in [6, 6.07) is 117. The largest absolute Gasteiger partial charge is 0.402 e. The highest BCUT2D eigenvalue weighted by Crippen LogP contribution is 2.63. The molecule has 0 nitrogen and oxygen atoms in total. The summed E-state index contributed by atoms with van der Waals surface area (Å²) in [6.07, 6.45) is -20.5. The van der Waals surface area contributed by atoms with Crippen LogP contribution in [0.3, 0.4) is 0 Å². The third-order valence-corrected chi connectivity index (χ3v) is 28.9. The van der Waals surface area contributed by atoms with Crippen molar-refractivity contribution in [3.8, 4) is 66.8 Å². The van der Waals surface area contributed by atoms with E-state index in [1.807, 2.05) is 257 Å². The predicted octanol–water partition coefficient (Wildman–Crippen LogP) is 32.5. The Bertz CT molecular complexity index is 6640. The highest BCUT2D eigenvalue weighted by molar-refractivity contribution is 5.85. The Labute approximate surface area is 751 Å². The van der Waals surface area contributed by atoms with Gasteiger partial charge in [-0.15, -0.1) is 0 Å². The van der Waals surface area contributed by atoms with Crippen LogP contribution in [-0.4, -0.2) is 24.7 Å². The number of fused-ring (bicyclic) bond motifs is 6. The Hall–Kier alpha value is -13.3. The van der Waals surface area contributed by atoms with Crippen molar-refractivity contribution in [1.82, 2.24) is 0 Å². The second kappa shape index (κ2) is 32.4. The summed E-state index contributed by atoms with van der Waals surface area (Å²) in [6.45, 7) is 13.2. The molecule has 0 radical (unpaired) electrons. The highest BCUT2D eigenvalue weighted by Gasteiger charge is 2.64. The minimum atomic E-state index is -5.10. The second-order valence-electron chi connectivity index (χ2n) is 37.0. The van der Waals surface area contributed by atoms with E-state index in [4.69, 9.17) is 0 Å². The van der Waals surface area contributed by atoms with Crippen molar-refractivity contribution in [2.75, 3.05) is 0 Å². The van der Waals surface area contributed by atoms with Crippen LogP contribution in [0.2, 0.25) is 0 Å². The predicted molar refractivity (Wildman–Crippen MR) is 500 cm³/mol. The molecule has 2 aliphatic carbocycles. The van der Waals surface area contributed by atoms with Gasteiger partial charge in [0.2, 0.25) is 0 Å². The molecule has 650 valence electrons. The van der Waals surface area contributed by atoms with Gasteiger partial charge >= 0.3 is 24.7 Å². The molecular weight excluding hydrogens is 1650 g/mol. The maximum absolute atomic E-state index is 18.6. The minimum absolute atomic E-state index is 0.0260. The van der Waals surface area contributed by atoms with E-state index in [9.17, 15) is 13.2 Å². The zero-order chi connectivity index (χ0) is 91.4. The molecule has 130 heavy (non-hydrogen) atoms. The Morgan fingerprint density at radius 2 is 0.446 bits per heavy atom. The van der Waals surface area contributed by atoms with Crippen LogP contribution in [-0.2, 0) is 43.3 Å². The quantitative estimate of drug-likeness (QED) is 0.0497. The molecule has 3 atom stereocenters. The van der Waals surface area contributed by atoms with Crippen LogP contribution in [0, 0.1) is 6.92 Å². The van der Waals surface area contributed by atoms with Crippen LogP contribution >= 0.6 is 0 Å². The summed E-state index contributed by atoms with van der Waals surface area (Å²) in [7, 11) is 0. The topological polar surface area (TPSA) is 0 Å². The van der Waals surface area contributed by atoms with Crippen molar-refractivity contribution >= 4 is 0 Å². The first-order valence-electron chi connectivity index (χ1n) is 43.8. The fraction of sp³-hybridized carbons (Fsp3) is 0.186. The van der Waals surface area contributed by atoms with Crippen LogP contribution in [0.25, 0.3) is 66.8 Å². The second-order valence-corrected chi connectivity index (χ2v) is 37.0. The lowest BCUT2D eigenvalue weighted by Crippen LogP contribution is -2.49. The Morgan fingerprint density at radius 3 is 0.723 bits per heavy atom. The van der Waals surface area contributed by atoms with Gasteiger partial charge in [0.15, 0.2) is 0 Å². The van der Waals surface area contributed by atoms with Gasteiger partial charge in [-0.05, 0) is 214 Å². The molecule has 0 bridgehead atoms. The van der Waals surface area contributed by atoms with Crippen molar-refractivity contribution < 1.29 is 52.7 Å². The van der Waals surface area contributed by atoms with E-state index in [1.165, 1.54) is 36.4 Å². The van der Waals surface area contributed by atoms with Gasteiger partial charge in [-0.25, -0.2) is 0 Å². The molecule has 0 saturated carbocycles. The number of aryl methyl sites for hydroxylation is 1. The van der Waals surface area contributed by atoms with Gasteiger partial charge in [-0.1, -0.05) is 422 Å².